The van der Waals surface area contributed by atoms with Gasteiger partial charge in [0, 0.05) is 33.3 Å². The van der Waals surface area contributed by atoms with Crippen molar-refractivity contribution in [3.05, 3.63) is 35.4 Å². The maximum Gasteiger partial charge on any atom is 0.191 e. The van der Waals surface area contributed by atoms with Crippen molar-refractivity contribution >= 4 is 29.9 Å². The topological polar surface area (TPSA) is 58.1 Å². The molecule has 1 rings (SSSR count). The molecule has 0 aliphatic rings. The third-order valence-electron chi connectivity index (χ3n) is 4.56. The average Bonchev–Trinajstić information content (AvgIpc) is 2.73. The second kappa shape index (κ2) is 19.1. The zero-order valence-electron chi connectivity index (χ0n) is 18.7. The van der Waals surface area contributed by atoms with E-state index < -0.39 is 0 Å². The molecule has 0 aliphatic carbocycles. The lowest BCUT2D eigenvalue weighted by Gasteiger charge is -2.18. The van der Waals surface area contributed by atoms with Gasteiger partial charge < -0.3 is 20.1 Å². The first-order valence-electron chi connectivity index (χ1n) is 10.6. The largest absolute Gasteiger partial charge is 0.379 e. The van der Waals surface area contributed by atoms with Gasteiger partial charge in [-0.25, -0.2) is 0 Å². The van der Waals surface area contributed by atoms with E-state index in [1.807, 2.05) is 0 Å². The fourth-order valence-corrected chi connectivity index (χ4v) is 2.68. The van der Waals surface area contributed by atoms with Gasteiger partial charge in [0.05, 0.1) is 19.8 Å². The summed E-state index contributed by atoms with van der Waals surface area (Å²) in [4.78, 5) is 6.67. The van der Waals surface area contributed by atoms with Crippen LogP contribution in [0.3, 0.4) is 0 Å². The number of unbranched alkanes of at least 4 members (excludes halogenated alkanes) is 1. The number of aliphatic imine (C=N–C) groups is 1. The van der Waals surface area contributed by atoms with Gasteiger partial charge in [-0.05, 0) is 30.6 Å². The molecule has 1 aromatic carbocycles. The third-order valence-corrected chi connectivity index (χ3v) is 4.56. The van der Waals surface area contributed by atoms with Crippen LogP contribution >= 0.6 is 24.0 Å². The van der Waals surface area contributed by atoms with Crippen molar-refractivity contribution in [3.63, 3.8) is 0 Å². The summed E-state index contributed by atoms with van der Waals surface area (Å²) in [6.07, 6.45) is 2.28. The van der Waals surface area contributed by atoms with Gasteiger partial charge in [0.25, 0.3) is 0 Å². The minimum absolute atomic E-state index is 0. The van der Waals surface area contributed by atoms with E-state index in [0.717, 1.165) is 58.1 Å². The Kier molecular flexibility index (Phi) is 18.5. The number of nitrogens with zero attached hydrogens (tertiary/aromatic N) is 2. The molecule has 0 spiro atoms. The van der Waals surface area contributed by atoms with Crippen LogP contribution in [0.15, 0.2) is 29.3 Å². The van der Waals surface area contributed by atoms with Crippen molar-refractivity contribution < 1.29 is 9.47 Å². The molecule has 2 N–H and O–H groups in total. The maximum atomic E-state index is 5.56. The molecule has 0 saturated carbocycles. The molecule has 0 atom stereocenters. The lowest BCUT2D eigenvalue weighted by Crippen LogP contribution is -2.38. The zero-order chi connectivity index (χ0) is 20.5. The molecule has 0 aliphatic heterocycles. The number of ether oxygens (including phenoxy) is 2. The minimum Gasteiger partial charge on any atom is -0.379 e. The van der Waals surface area contributed by atoms with Crippen LogP contribution in [-0.2, 0) is 22.6 Å². The summed E-state index contributed by atoms with van der Waals surface area (Å²) in [6, 6.07) is 8.78. The number of rotatable bonds is 15. The SMILES string of the molecule is CCCCOCCOCCNC(=NC)NCc1ccc(CN(CC)CC)cc1.I. The van der Waals surface area contributed by atoms with Crippen LogP contribution in [0.1, 0.15) is 44.7 Å². The predicted octanol–water partition coefficient (Wildman–Crippen LogP) is 3.64. The Labute approximate surface area is 194 Å². The summed E-state index contributed by atoms with van der Waals surface area (Å²) >= 11 is 0. The van der Waals surface area contributed by atoms with Crippen LogP contribution in [0.5, 0.6) is 0 Å². The maximum absolute atomic E-state index is 5.56. The Morgan fingerprint density at radius 1 is 0.897 bits per heavy atom. The summed E-state index contributed by atoms with van der Waals surface area (Å²) in [6.45, 7) is 14.0. The van der Waals surface area contributed by atoms with Crippen LogP contribution in [0.2, 0.25) is 0 Å². The van der Waals surface area contributed by atoms with E-state index in [-0.39, 0.29) is 24.0 Å². The highest BCUT2D eigenvalue weighted by molar-refractivity contribution is 14.0. The van der Waals surface area contributed by atoms with Crippen molar-refractivity contribution in [1.82, 2.24) is 15.5 Å². The van der Waals surface area contributed by atoms with Gasteiger partial charge in [-0.3, -0.25) is 9.89 Å². The summed E-state index contributed by atoms with van der Waals surface area (Å²) in [5.41, 5.74) is 2.59. The van der Waals surface area contributed by atoms with Gasteiger partial charge >= 0.3 is 0 Å². The van der Waals surface area contributed by atoms with E-state index in [0.29, 0.717) is 19.8 Å². The lowest BCUT2D eigenvalue weighted by atomic mass is 10.1. The van der Waals surface area contributed by atoms with E-state index in [2.05, 4.69) is 65.6 Å². The van der Waals surface area contributed by atoms with E-state index >= 15 is 0 Å². The van der Waals surface area contributed by atoms with Crippen molar-refractivity contribution in [3.8, 4) is 0 Å². The molecule has 0 saturated heterocycles. The number of guanidine groups is 1. The Morgan fingerprint density at radius 3 is 2.10 bits per heavy atom. The molecule has 168 valence electrons. The van der Waals surface area contributed by atoms with Crippen molar-refractivity contribution in [2.75, 3.05) is 53.1 Å². The van der Waals surface area contributed by atoms with Gasteiger partial charge in [-0.15, -0.1) is 24.0 Å². The van der Waals surface area contributed by atoms with E-state index in [1.165, 1.54) is 11.1 Å². The Balaban J connectivity index is 0.00000784. The van der Waals surface area contributed by atoms with Crippen LogP contribution in [-0.4, -0.2) is 64.0 Å². The lowest BCUT2D eigenvalue weighted by molar-refractivity contribution is 0.0487. The molecule has 6 nitrogen and oxygen atoms in total. The first kappa shape index (κ1) is 28.1. The molecule has 29 heavy (non-hydrogen) atoms. The Bertz CT molecular complexity index is 522. The number of benzene rings is 1. The highest BCUT2D eigenvalue weighted by Crippen LogP contribution is 2.07. The Hall–Kier alpha value is -0.900. The fourth-order valence-electron chi connectivity index (χ4n) is 2.68. The van der Waals surface area contributed by atoms with Crippen LogP contribution in [0.25, 0.3) is 0 Å². The monoisotopic (exact) mass is 520 g/mol. The summed E-state index contributed by atoms with van der Waals surface area (Å²) in [7, 11) is 1.78. The van der Waals surface area contributed by atoms with Gasteiger partial charge in [0.1, 0.15) is 0 Å². The smallest absolute Gasteiger partial charge is 0.191 e. The third kappa shape index (κ3) is 13.9. The second-order valence-corrected chi connectivity index (χ2v) is 6.71. The highest BCUT2D eigenvalue weighted by Gasteiger charge is 2.02. The summed E-state index contributed by atoms with van der Waals surface area (Å²) < 4.78 is 11.0. The molecule has 0 aromatic heterocycles. The number of hydrogen-bond donors (Lipinski definition) is 2. The van der Waals surface area contributed by atoms with Crippen LogP contribution < -0.4 is 10.6 Å². The van der Waals surface area contributed by atoms with Gasteiger partial charge in [0.2, 0.25) is 0 Å². The minimum atomic E-state index is 0. The zero-order valence-corrected chi connectivity index (χ0v) is 21.0. The van der Waals surface area contributed by atoms with Crippen LogP contribution in [0, 0.1) is 0 Å². The molecular formula is C22H41IN4O2. The average molecular weight is 521 g/mol. The summed E-state index contributed by atoms with van der Waals surface area (Å²) in [5.74, 6) is 0.787. The van der Waals surface area contributed by atoms with Crippen molar-refractivity contribution in [2.24, 2.45) is 4.99 Å². The molecule has 0 unspecified atom stereocenters. The van der Waals surface area contributed by atoms with Gasteiger partial charge in [-0.1, -0.05) is 51.5 Å². The number of halogens is 1. The number of hydrogen-bond acceptors (Lipinski definition) is 4. The van der Waals surface area contributed by atoms with Gasteiger partial charge in [0.15, 0.2) is 5.96 Å². The molecule has 0 heterocycles. The molecular weight excluding hydrogens is 479 g/mol. The van der Waals surface area contributed by atoms with Crippen molar-refractivity contribution in [1.29, 1.82) is 0 Å². The van der Waals surface area contributed by atoms with E-state index in [9.17, 15) is 0 Å². The first-order valence-corrected chi connectivity index (χ1v) is 10.6. The normalized spacial score (nSPS) is 11.4. The molecule has 0 amide bonds. The molecule has 1 aromatic rings. The standard InChI is InChI=1S/C22H40N4O2.HI/c1-5-8-14-27-16-17-28-15-13-24-22(23-4)25-18-20-9-11-21(12-10-20)19-26(6-2)7-3;/h9-12H,5-8,13-19H2,1-4H3,(H2,23,24,25);1H. The molecule has 0 fully saturated rings. The quantitative estimate of drug-likeness (QED) is 0.160. The fraction of sp³-hybridized carbons (Fsp3) is 0.682. The molecule has 0 radical (unpaired) electrons. The second-order valence-electron chi connectivity index (χ2n) is 6.71. The first-order chi connectivity index (χ1) is 13.7. The highest BCUT2D eigenvalue weighted by atomic mass is 127. The van der Waals surface area contributed by atoms with E-state index in [4.69, 9.17) is 9.47 Å². The molecule has 7 heteroatoms. The Morgan fingerprint density at radius 2 is 1.52 bits per heavy atom. The van der Waals surface area contributed by atoms with E-state index in [1.54, 1.807) is 7.05 Å². The number of nitrogens with one attached hydrogen (secondary N) is 2. The van der Waals surface area contributed by atoms with Crippen molar-refractivity contribution in [2.45, 2.75) is 46.7 Å². The van der Waals surface area contributed by atoms with Crippen LogP contribution in [0.4, 0.5) is 0 Å². The predicted molar refractivity (Wildman–Crippen MR) is 133 cm³/mol. The van der Waals surface area contributed by atoms with Gasteiger partial charge in [-0.2, -0.15) is 0 Å². The summed E-state index contributed by atoms with van der Waals surface area (Å²) in [5, 5.41) is 6.61. The molecule has 0 bridgehead atoms.